The Bertz CT molecular complexity index is 369. The average Bonchev–Trinajstić information content (AvgIpc) is 2.36. The summed E-state index contributed by atoms with van der Waals surface area (Å²) < 4.78 is 0. The van der Waals surface area contributed by atoms with Crippen molar-refractivity contribution in [3.63, 3.8) is 0 Å². The van der Waals surface area contributed by atoms with E-state index in [0.717, 1.165) is 37.7 Å². The first-order valence-electron chi connectivity index (χ1n) is 7.06. The first-order valence-corrected chi connectivity index (χ1v) is 7.06. The summed E-state index contributed by atoms with van der Waals surface area (Å²) in [7, 11) is 0. The van der Waals surface area contributed by atoms with Crippen molar-refractivity contribution in [2.24, 2.45) is 0 Å². The van der Waals surface area contributed by atoms with E-state index in [9.17, 15) is 4.79 Å². The third kappa shape index (κ3) is 11.5. The molecular formula is C18H28O. The number of carbonyl (C=O) groups excluding carboxylic acids is 1. The molecule has 19 heavy (non-hydrogen) atoms. The van der Waals surface area contributed by atoms with E-state index in [4.69, 9.17) is 0 Å². The van der Waals surface area contributed by atoms with Gasteiger partial charge in [-0.3, -0.25) is 0 Å². The molecule has 0 aromatic carbocycles. The fraction of sp³-hybridized carbons (Fsp3) is 0.500. The molecular weight excluding hydrogens is 232 g/mol. The van der Waals surface area contributed by atoms with Gasteiger partial charge in [0.25, 0.3) is 0 Å². The first-order chi connectivity index (χ1) is 8.95. The van der Waals surface area contributed by atoms with Crippen LogP contribution < -0.4 is 0 Å². The summed E-state index contributed by atoms with van der Waals surface area (Å²) >= 11 is 0. The van der Waals surface area contributed by atoms with Gasteiger partial charge < -0.3 is 4.79 Å². The standard InChI is InChI=1S/C18H28O/c1-6-15(2)9-7-10-16(3)11-8-12-17(4)13-14-18(5)19/h6,10,12H,1-2,7-9,11,13-14H2,3-5H3/b16-10+,17-12+. The fourth-order valence-corrected chi connectivity index (χ4v) is 1.73. The van der Waals surface area contributed by atoms with E-state index in [-0.39, 0.29) is 5.78 Å². The Morgan fingerprint density at radius 3 is 1.95 bits per heavy atom. The monoisotopic (exact) mass is 260 g/mol. The summed E-state index contributed by atoms with van der Waals surface area (Å²) in [6, 6.07) is 0. The van der Waals surface area contributed by atoms with Crippen LogP contribution in [0, 0.1) is 0 Å². The normalized spacial score (nSPS) is 12.4. The predicted molar refractivity (Wildman–Crippen MR) is 85.2 cm³/mol. The molecule has 0 heterocycles. The number of hydrogen-bond acceptors (Lipinski definition) is 1. The maximum atomic E-state index is 10.9. The van der Waals surface area contributed by atoms with Gasteiger partial charge in [0.2, 0.25) is 0 Å². The van der Waals surface area contributed by atoms with Gasteiger partial charge in [0, 0.05) is 6.42 Å². The molecule has 0 aromatic rings. The van der Waals surface area contributed by atoms with Crippen LogP contribution in [0.3, 0.4) is 0 Å². The highest BCUT2D eigenvalue weighted by molar-refractivity contribution is 5.75. The van der Waals surface area contributed by atoms with E-state index in [1.54, 1.807) is 6.92 Å². The molecule has 0 aliphatic heterocycles. The lowest BCUT2D eigenvalue weighted by molar-refractivity contribution is -0.116. The topological polar surface area (TPSA) is 17.1 Å². The minimum Gasteiger partial charge on any atom is -0.300 e. The van der Waals surface area contributed by atoms with Crippen LogP contribution in [-0.2, 0) is 4.79 Å². The highest BCUT2D eigenvalue weighted by Gasteiger charge is 1.95. The number of ketones is 1. The fourth-order valence-electron chi connectivity index (χ4n) is 1.73. The number of allylic oxidation sites excluding steroid dienone is 6. The van der Waals surface area contributed by atoms with E-state index in [2.05, 4.69) is 39.2 Å². The Morgan fingerprint density at radius 2 is 1.42 bits per heavy atom. The SMILES string of the molecule is C=CC(=C)CC/C=C(\C)CC/C=C(\C)CCC(C)=O. The number of Topliss-reactive ketones (excluding diaryl/α,β-unsaturated/α-hetero) is 1. The summed E-state index contributed by atoms with van der Waals surface area (Å²) in [5, 5.41) is 0. The Kier molecular flexibility index (Phi) is 9.78. The molecule has 0 amide bonds. The molecule has 1 nitrogen and oxygen atoms in total. The number of hydrogen-bond donors (Lipinski definition) is 0. The maximum absolute atomic E-state index is 10.9. The first kappa shape index (κ1) is 17.6. The van der Waals surface area contributed by atoms with Gasteiger partial charge in [-0.1, -0.05) is 48.1 Å². The Hall–Kier alpha value is -1.37. The molecule has 0 aromatic heterocycles. The Labute approximate surface area is 118 Å². The van der Waals surface area contributed by atoms with Crippen molar-refractivity contribution < 1.29 is 4.79 Å². The third-order valence-electron chi connectivity index (χ3n) is 3.15. The number of rotatable bonds is 10. The number of carbonyl (C=O) groups is 1. The molecule has 0 N–H and O–H groups in total. The Balaban J connectivity index is 3.88. The molecule has 0 unspecified atom stereocenters. The summed E-state index contributed by atoms with van der Waals surface area (Å²) in [5.41, 5.74) is 3.85. The van der Waals surface area contributed by atoms with Crippen LogP contribution in [0.4, 0.5) is 0 Å². The van der Waals surface area contributed by atoms with Crippen LogP contribution in [0.25, 0.3) is 0 Å². The molecule has 0 bridgehead atoms. The molecule has 0 fully saturated rings. The lowest BCUT2D eigenvalue weighted by atomic mass is 10.0. The molecule has 0 saturated carbocycles. The van der Waals surface area contributed by atoms with Gasteiger partial charge in [0.15, 0.2) is 0 Å². The van der Waals surface area contributed by atoms with Crippen molar-refractivity contribution in [1.29, 1.82) is 0 Å². The lowest BCUT2D eigenvalue weighted by Gasteiger charge is -2.02. The van der Waals surface area contributed by atoms with E-state index in [1.165, 1.54) is 11.1 Å². The van der Waals surface area contributed by atoms with Gasteiger partial charge >= 0.3 is 0 Å². The van der Waals surface area contributed by atoms with Crippen molar-refractivity contribution in [2.75, 3.05) is 0 Å². The maximum Gasteiger partial charge on any atom is 0.130 e. The third-order valence-corrected chi connectivity index (χ3v) is 3.15. The van der Waals surface area contributed by atoms with Crippen LogP contribution in [0.5, 0.6) is 0 Å². The summed E-state index contributed by atoms with van der Waals surface area (Å²) in [5.74, 6) is 0.270. The molecule has 106 valence electrons. The van der Waals surface area contributed by atoms with Crippen LogP contribution in [0.1, 0.15) is 59.3 Å². The molecule has 0 radical (unpaired) electrons. The van der Waals surface area contributed by atoms with Crippen molar-refractivity contribution in [1.82, 2.24) is 0 Å². The van der Waals surface area contributed by atoms with Crippen LogP contribution >= 0.6 is 0 Å². The van der Waals surface area contributed by atoms with Crippen LogP contribution in [-0.4, -0.2) is 5.78 Å². The zero-order chi connectivity index (χ0) is 14.7. The van der Waals surface area contributed by atoms with Crippen molar-refractivity contribution in [2.45, 2.75) is 59.3 Å². The van der Waals surface area contributed by atoms with E-state index in [1.807, 2.05) is 6.08 Å². The van der Waals surface area contributed by atoms with E-state index in [0.29, 0.717) is 6.42 Å². The van der Waals surface area contributed by atoms with Gasteiger partial charge in [-0.05, 0) is 52.9 Å². The van der Waals surface area contributed by atoms with Crippen molar-refractivity contribution in [3.05, 3.63) is 48.1 Å². The van der Waals surface area contributed by atoms with E-state index >= 15 is 0 Å². The lowest BCUT2D eigenvalue weighted by Crippen LogP contribution is -1.90. The molecule has 0 saturated heterocycles. The highest BCUT2D eigenvalue weighted by atomic mass is 16.1. The molecule has 0 rings (SSSR count). The largest absolute Gasteiger partial charge is 0.300 e. The zero-order valence-corrected chi connectivity index (χ0v) is 12.8. The average molecular weight is 260 g/mol. The van der Waals surface area contributed by atoms with Gasteiger partial charge in [0.05, 0.1) is 0 Å². The molecule has 0 aliphatic carbocycles. The second kappa shape index (κ2) is 10.5. The second-order valence-electron chi connectivity index (χ2n) is 5.24. The molecule has 0 spiro atoms. The van der Waals surface area contributed by atoms with Crippen LogP contribution in [0.2, 0.25) is 0 Å². The smallest absolute Gasteiger partial charge is 0.130 e. The van der Waals surface area contributed by atoms with Gasteiger partial charge in [0.1, 0.15) is 5.78 Å². The second-order valence-corrected chi connectivity index (χ2v) is 5.24. The molecule has 1 heteroatoms. The van der Waals surface area contributed by atoms with Crippen molar-refractivity contribution >= 4 is 5.78 Å². The summed E-state index contributed by atoms with van der Waals surface area (Å²) in [6.07, 6.45) is 12.1. The molecule has 0 aliphatic rings. The summed E-state index contributed by atoms with van der Waals surface area (Å²) in [6.45, 7) is 13.5. The van der Waals surface area contributed by atoms with Gasteiger partial charge in [-0.15, -0.1) is 0 Å². The summed E-state index contributed by atoms with van der Waals surface area (Å²) in [4.78, 5) is 10.9. The van der Waals surface area contributed by atoms with Gasteiger partial charge in [-0.25, -0.2) is 0 Å². The van der Waals surface area contributed by atoms with Crippen molar-refractivity contribution in [3.8, 4) is 0 Å². The quantitative estimate of drug-likeness (QED) is 0.372. The minimum absolute atomic E-state index is 0.270. The zero-order valence-electron chi connectivity index (χ0n) is 12.8. The predicted octanol–water partition coefficient (Wildman–Crippen LogP) is 5.55. The minimum atomic E-state index is 0.270. The molecule has 0 atom stereocenters. The van der Waals surface area contributed by atoms with Gasteiger partial charge in [-0.2, -0.15) is 0 Å². The van der Waals surface area contributed by atoms with Crippen LogP contribution in [0.15, 0.2) is 48.1 Å². The van der Waals surface area contributed by atoms with E-state index < -0.39 is 0 Å². The highest BCUT2D eigenvalue weighted by Crippen LogP contribution is 2.12. The Morgan fingerprint density at radius 1 is 0.895 bits per heavy atom.